The second kappa shape index (κ2) is 5.25. The van der Waals surface area contributed by atoms with Gasteiger partial charge in [0.05, 0.1) is 11.0 Å². The summed E-state index contributed by atoms with van der Waals surface area (Å²) in [7, 11) is 2.18. The third-order valence-electron chi connectivity index (χ3n) is 4.13. The summed E-state index contributed by atoms with van der Waals surface area (Å²) in [6.45, 7) is 5.17. The summed E-state index contributed by atoms with van der Waals surface area (Å²) >= 11 is 0. The SMILES string of the molecule is CCC1CN(c2nc3ccccc3nc2N)CCN1C. The number of nitrogen functional groups attached to an aromatic ring is 1. The first-order valence-corrected chi connectivity index (χ1v) is 7.16. The third-order valence-corrected chi connectivity index (χ3v) is 4.13. The van der Waals surface area contributed by atoms with Gasteiger partial charge in [-0.15, -0.1) is 0 Å². The van der Waals surface area contributed by atoms with Crippen molar-refractivity contribution in [2.75, 3.05) is 37.3 Å². The standard InChI is InChI=1S/C15H21N5/c1-3-11-10-20(9-8-19(11)2)15-14(16)17-12-6-4-5-7-13(12)18-15/h4-7,11H,3,8-10H2,1-2H3,(H2,16,17). The van der Waals surface area contributed by atoms with Gasteiger partial charge in [0.15, 0.2) is 11.6 Å². The first-order chi connectivity index (χ1) is 9.69. The molecule has 1 saturated heterocycles. The number of fused-ring (bicyclic) bond motifs is 1. The molecule has 2 aromatic rings. The molecule has 0 bridgehead atoms. The predicted octanol–water partition coefficient (Wildman–Crippen LogP) is 1.74. The van der Waals surface area contributed by atoms with Crippen LogP contribution in [-0.4, -0.2) is 47.6 Å². The van der Waals surface area contributed by atoms with Crippen molar-refractivity contribution < 1.29 is 0 Å². The number of hydrogen-bond donors (Lipinski definition) is 1. The average molecular weight is 271 g/mol. The Kier molecular flexibility index (Phi) is 3.44. The molecule has 5 nitrogen and oxygen atoms in total. The number of anilines is 2. The Morgan fingerprint density at radius 3 is 2.60 bits per heavy atom. The Morgan fingerprint density at radius 2 is 1.90 bits per heavy atom. The summed E-state index contributed by atoms with van der Waals surface area (Å²) in [5, 5.41) is 0. The zero-order chi connectivity index (χ0) is 14.1. The molecule has 0 saturated carbocycles. The second-order valence-electron chi connectivity index (χ2n) is 5.41. The molecule has 0 aliphatic carbocycles. The van der Waals surface area contributed by atoms with Crippen molar-refractivity contribution in [3.05, 3.63) is 24.3 Å². The number of hydrogen-bond acceptors (Lipinski definition) is 5. The molecule has 1 atom stereocenters. The van der Waals surface area contributed by atoms with Gasteiger partial charge in [-0.2, -0.15) is 0 Å². The molecule has 3 rings (SSSR count). The highest BCUT2D eigenvalue weighted by atomic mass is 15.3. The van der Waals surface area contributed by atoms with Crippen molar-refractivity contribution in [2.45, 2.75) is 19.4 Å². The summed E-state index contributed by atoms with van der Waals surface area (Å²) in [6, 6.07) is 8.42. The number of nitrogens with zero attached hydrogens (tertiary/aromatic N) is 4. The van der Waals surface area contributed by atoms with Gasteiger partial charge in [0.2, 0.25) is 0 Å². The number of aromatic nitrogens is 2. The molecule has 1 aliphatic rings. The van der Waals surface area contributed by atoms with Gasteiger partial charge in [-0.1, -0.05) is 19.1 Å². The minimum Gasteiger partial charge on any atom is -0.381 e. The van der Waals surface area contributed by atoms with Crippen LogP contribution in [-0.2, 0) is 0 Å². The molecular formula is C15H21N5. The number of para-hydroxylation sites is 2. The van der Waals surface area contributed by atoms with Gasteiger partial charge >= 0.3 is 0 Å². The molecule has 20 heavy (non-hydrogen) atoms. The number of rotatable bonds is 2. The van der Waals surface area contributed by atoms with E-state index in [0.29, 0.717) is 11.9 Å². The van der Waals surface area contributed by atoms with Gasteiger partial charge in [-0.3, -0.25) is 4.90 Å². The lowest BCUT2D eigenvalue weighted by Gasteiger charge is -2.39. The van der Waals surface area contributed by atoms with E-state index >= 15 is 0 Å². The summed E-state index contributed by atoms with van der Waals surface area (Å²) < 4.78 is 0. The Bertz CT molecular complexity index is 612. The smallest absolute Gasteiger partial charge is 0.172 e. The highest BCUT2D eigenvalue weighted by Gasteiger charge is 2.25. The van der Waals surface area contributed by atoms with Gasteiger partial charge in [0, 0.05) is 25.7 Å². The molecule has 0 radical (unpaired) electrons. The van der Waals surface area contributed by atoms with E-state index in [1.54, 1.807) is 0 Å². The van der Waals surface area contributed by atoms with Crippen molar-refractivity contribution in [3.63, 3.8) is 0 Å². The molecule has 1 aromatic heterocycles. The van der Waals surface area contributed by atoms with Crippen LogP contribution in [0.15, 0.2) is 24.3 Å². The van der Waals surface area contributed by atoms with E-state index in [9.17, 15) is 0 Å². The monoisotopic (exact) mass is 271 g/mol. The molecule has 1 aliphatic heterocycles. The summed E-state index contributed by atoms with van der Waals surface area (Å²) in [5.74, 6) is 1.36. The Hall–Kier alpha value is -1.88. The lowest BCUT2D eigenvalue weighted by Crippen LogP contribution is -2.51. The van der Waals surface area contributed by atoms with Crippen molar-refractivity contribution in [3.8, 4) is 0 Å². The maximum absolute atomic E-state index is 6.11. The molecule has 1 fully saturated rings. The minimum atomic E-state index is 0.531. The molecular weight excluding hydrogens is 250 g/mol. The summed E-state index contributed by atoms with van der Waals surface area (Å²) in [6.07, 6.45) is 1.13. The third kappa shape index (κ3) is 2.29. The fourth-order valence-electron chi connectivity index (χ4n) is 2.82. The maximum Gasteiger partial charge on any atom is 0.172 e. The van der Waals surface area contributed by atoms with Gasteiger partial charge in [-0.25, -0.2) is 9.97 Å². The van der Waals surface area contributed by atoms with Gasteiger partial charge in [0.25, 0.3) is 0 Å². The van der Waals surface area contributed by atoms with Crippen LogP contribution in [0, 0.1) is 0 Å². The Balaban J connectivity index is 1.95. The van der Waals surface area contributed by atoms with E-state index in [-0.39, 0.29) is 0 Å². The van der Waals surface area contributed by atoms with E-state index < -0.39 is 0 Å². The van der Waals surface area contributed by atoms with Crippen LogP contribution >= 0.6 is 0 Å². The number of benzene rings is 1. The fraction of sp³-hybridized carbons (Fsp3) is 0.467. The lowest BCUT2D eigenvalue weighted by molar-refractivity contribution is 0.213. The zero-order valence-electron chi connectivity index (χ0n) is 12.1. The van der Waals surface area contributed by atoms with E-state index in [1.165, 1.54) is 0 Å². The van der Waals surface area contributed by atoms with Crippen LogP contribution in [0.3, 0.4) is 0 Å². The van der Waals surface area contributed by atoms with Gasteiger partial charge in [-0.05, 0) is 25.6 Å². The second-order valence-corrected chi connectivity index (χ2v) is 5.41. The van der Waals surface area contributed by atoms with Gasteiger partial charge < -0.3 is 10.6 Å². The molecule has 1 aromatic carbocycles. The predicted molar refractivity (Wildman–Crippen MR) is 82.9 cm³/mol. The molecule has 0 spiro atoms. The lowest BCUT2D eigenvalue weighted by atomic mass is 10.1. The molecule has 0 amide bonds. The topological polar surface area (TPSA) is 58.3 Å². The average Bonchev–Trinajstić information content (AvgIpc) is 2.47. The van der Waals surface area contributed by atoms with E-state index in [0.717, 1.165) is 42.9 Å². The largest absolute Gasteiger partial charge is 0.381 e. The number of likely N-dealkylation sites (N-methyl/N-ethyl adjacent to an activating group) is 1. The molecule has 1 unspecified atom stereocenters. The zero-order valence-corrected chi connectivity index (χ0v) is 12.1. The summed E-state index contributed by atoms with van der Waals surface area (Å²) in [5.41, 5.74) is 7.87. The maximum atomic E-state index is 6.11. The number of nitrogens with two attached hydrogens (primary N) is 1. The quantitative estimate of drug-likeness (QED) is 0.901. The Morgan fingerprint density at radius 1 is 1.20 bits per heavy atom. The minimum absolute atomic E-state index is 0.531. The van der Waals surface area contributed by atoms with Crippen molar-refractivity contribution >= 4 is 22.7 Å². The van der Waals surface area contributed by atoms with Crippen LogP contribution in [0.4, 0.5) is 11.6 Å². The summed E-state index contributed by atoms with van der Waals surface area (Å²) in [4.78, 5) is 13.9. The van der Waals surface area contributed by atoms with Crippen molar-refractivity contribution in [2.24, 2.45) is 0 Å². The highest BCUT2D eigenvalue weighted by molar-refractivity contribution is 5.79. The van der Waals surface area contributed by atoms with E-state index in [4.69, 9.17) is 10.7 Å². The van der Waals surface area contributed by atoms with Crippen LogP contribution in [0.5, 0.6) is 0 Å². The molecule has 2 N–H and O–H groups in total. The van der Waals surface area contributed by atoms with Crippen molar-refractivity contribution in [1.82, 2.24) is 14.9 Å². The molecule has 2 heterocycles. The Labute approximate surface area is 119 Å². The van der Waals surface area contributed by atoms with Crippen molar-refractivity contribution in [1.29, 1.82) is 0 Å². The normalized spacial score (nSPS) is 20.5. The molecule has 5 heteroatoms. The van der Waals surface area contributed by atoms with Crippen LogP contribution in [0.2, 0.25) is 0 Å². The van der Waals surface area contributed by atoms with Gasteiger partial charge in [0.1, 0.15) is 0 Å². The van der Waals surface area contributed by atoms with E-state index in [1.807, 2.05) is 24.3 Å². The first-order valence-electron chi connectivity index (χ1n) is 7.16. The highest BCUT2D eigenvalue weighted by Crippen LogP contribution is 2.25. The van der Waals surface area contributed by atoms with Crippen LogP contribution in [0.25, 0.3) is 11.0 Å². The fourth-order valence-corrected chi connectivity index (χ4v) is 2.82. The van der Waals surface area contributed by atoms with E-state index in [2.05, 4.69) is 28.8 Å². The number of piperazine rings is 1. The molecule has 106 valence electrons. The van der Waals surface area contributed by atoms with Crippen LogP contribution < -0.4 is 10.6 Å². The van der Waals surface area contributed by atoms with Crippen LogP contribution in [0.1, 0.15) is 13.3 Å². The first kappa shape index (κ1) is 13.1.